The molecule has 0 aliphatic carbocycles. The number of hydrogen-bond acceptors (Lipinski definition) is 1. The van der Waals surface area contributed by atoms with Crippen LogP contribution in [0.2, 0.25) is 0 Å². The fourth-order valence-corrected chi connectivity index (χ4v) is 1.65. The Labute approximate surface area is 102 Å². The van der Waals surface area contributed by atoms with Gasteiger partial charge < -0.3 is 5.32 Å². The van der Waals surface area contributed by atoms with E-state index in [0.29, 0.717) is 5.88 Å². The SMILES string of the molecule is CCC(C)C(=O)NC(CCl)c1ccccc1. The summed E-state index contributed by atoms with van der Waals surface area (Å²) in [6.07, 6.45) is 0.843. The molecule has 0 aliphatic rings. The van der Waals surface area contributed by atoms with Gasteiger partial charge in [-0.2, -0.15) is 0 Å². The first-order valence-corrected chi connectivity index (χ1v) is 6.13. The van der Waals surface area contributed by atoms with E-state index in [1.165, 1.54) is 0 Å². The van der Waals surface area contributed by atoms with Crippen LogP contribution in [-0.4, -0.2) is 11.8 Å². The van der Waals surface area contributed by atoms with Crippen molar-refractivity contribution in [3.8, 4) is 0 Å². The lowest BCUT2D eigenvalue weighted by Gasteiger charge is -2.18. The number of carbonyl (C=O) groups is 1. The Balaban J connectivity index is 2.66. The van der Waals surface area contributed by atoms with Gasteiger partial charge in [-0.1, -0.05) is 44.2 Å². The highest BCUT2D eigenvalue weighted by atomic mass is 35.5. The van der Waals surface area contributed by atoms with Gasteiger partial charge in [-0.3, -0.25) is 4.79 Å². The molecule has 16 heavy (non-hydrogen) atoms. The number of alkyl halides is 1. The van der Waals surface area contributed by atoms with Crippen molar-refractivity contribution in [2.45, 2.75) is 26.3 Å². The summed E-state index contributed by atoms with van der Waals surface area (Å²) in [5.41, 5.74) is 1.05. The van der Waals surface area contributed by atoms with Gasteiger partial charge in [0.25, 0.3) is 0 Å². The van der Waals surface area contributed by atoms with Crippen LogP contribution in [0.25, 0.3) is 0 Å². The van der Waals surface area contributed by atoms with E-state index in [0.717, 1.165) is 12.0 Å². The van der Waals surface area contributed by atoms with E-state index in [-0.39, 0.29) is 17.9 Å². The second-order valence-electron chi connectivity index (χ2n) is 3.94. The third-order valence-corrected chi connectivity index (χ3v) is 3.04. The second-order valence-corrected chi connectivity index (χ2v) is 4.24. The van der Waals surface area contributed by atoms with Crippen LogP contribution in [-0.2, 0) is 4.79 Å². The molecule has 1 aromatic rings. The van der Waals surface area contributed by atoms with Crippen LogP contribution in [0, 0.1) is 5.92 Å². The zero-order chi connectivity index (χ0) is 12.0. The smallest absolute Gasteiger partial charge is 0.223 e. The van der Waals surface area contributed by atoms with Crippen molar-refractivity contribution >= 4 is 17.5 Å². The third kappa shape index (κ3) is 3.53. The molecule has 0 aromatic heterocycles. The summed E-state index contributed by atoms with van der Waals surface area (Å²) >= 11 is 5.88. The number of amides is 1. The maximum atomic E-state index is 11.7. The molecule has 0 fully saturated rings. The minimum Gasteiger partial charge on any atom is -0.348 e. The molecule has 0 spiro atoms. The summed E-state index contributed by atoms with van der Waals surface area (Å²) in [6.45, 7) is 3.92. The zero-order valence-corrected chi connectivity index (χ0v) is 10.5. The molecule has 0 saturated heterocycles. The van der Waals surface area contributed by atoms with E-state index < -0.39 is 0 Å². The van der Waals surface area contributed by atoms with E-state index in [4.69, 9.17) is 11.6 Å². The van der Waals surface area contributed by atoms with Gasteiger partial charge in [-0.15, -0.1) is 11.6 Å². The van der Waals surface area contributed by atoms with Gasteiger partial charge in [0, 0.05) is 11.8 Å². The minimum absolute atomic E-state index is 0.0365. The summed E-state index contributed by atoms with van der Waals surface area (Å²) in [7, 11) is 0. The summed E-state index contributed by atoms with van der Waals surface area (Å²) in [5, 5.41) is 2.96. The predicted octanol–water partition coefficient (Wildman–Crippen LogP) is 3.13. The predicted molar refractivity (Wildman–Crippen MR) is 67.5 cm³/mol. The quantitative estimate of drug-likeness (QED) is 0.786. The first-order chi connectivity index (χ1) is 7.69. The van der Waals surface area contributed by atoms with Crippen molar-refractivity contribution in [1.82, 2.24) is 5.32 Å². The molecule has 0 aliphatic heterocycles. The van der Waals surface area contributed by atoms with Crippen molar-refractivity contribution in [3.05, 3.63) is 35.9 Å². The Morgan fingerprint density at radius 2 is 2.00 bits per heavy atom. The lowest BCUT2D eigenvalue weighted by Crippen LogP contribution is -2.33. The fourth-order valence-electron chi connectivity index (χ4n) is 1.40. The average molecular weight is 240 g/mol. The standard InChI is InChI=1S/C13H18ClNO/c1-3-10(2)13(16)15-12(9-14)11-7-5-4-6-8-11/h4-8,10,12H,3,9H2,1-2H3,(H,15,16). The summed E-state index contributed by atoms with van der Waals surface area (Å²) in [6, 6.07) is 9.71. The van der Waals surface area contributed by atoms with Crippen LogP contribution in [0.15, 0.2) is 30.3 Å². The topological polar surface area (TPSA) is 29.1 Å². The van der Waals surface area contributed by atoms with Crippen LogP contribution in [0.3, 0.4) is 0 Å². The molecular weight excluding hydrogens is 222 g/mol. The van der Waals surface area contributed by atoms with Crippen LogP contribution < -0.4 is 5.32 Å². The minimum atomic E-state index is -0.0932. The Kier molecular flexibility index (Phi) is 5.33. The number of nitrogens with one attached hydrogen (secondary N) is 1. The molecular formula is C13H18ClNO. The van der Waals surface area contributed by atoms with Crippen LogP contribution in [0.4, 0.5) is 0 Å². The van der Waals surface area contributed by atoms with Crippen LogP contribution in [0.1, 0.15) is 31.9 Å². The van der Waals surface area contributed by atoms with Crippen molar-refractivity contribution in [2.24, 2.45) is 5.92 Å². The highest BCUT2D eigenvalue weighted by molar-refractivity contribution is 6.18. The van der Waals surface area contributed by atoms with Crippen molar-refractivity contribution in [3.63, 3.8) is 0 Å². The number of halogens is 1. The van der Waals surface area contributed by atoms with Crippen LogP contribution in [0.5, 0.6) is 0 Å². The van der Waals surface area contributed by atoms with Crippen molar-refractivity contribution < 1.29 is 4.79 Å². The van der Waals surface area contributed by atoms with Gasteiger partial charge in [0.1, 0.15) is 0 Å². The molecule has 0 bridgehead atoms. The molecule has 2 unspecified atom stereocenters. The van der Waals surface area contributed by atoms with Crippen molar-refractivity contribution in [2.75, 3.05) is 5.88 Å². The molecule has 0 radical (unpaired) electrons. The highest BCUT2D eigenvalue weighted by Crippen LogP contribution is 2.15. The molecule has 1 N–H and O–H groups in total. The maximum absolute atomic E-state index is 11.7. The van der Waals surface area contributed by atoms with Gasteiger partial charge in [-0.25, -0.2) is 0 Å². The van der Waals surface area contributed by atoms with Gasteiger partial charge in [0.15, 0.2) is 0 Å². The average Bonchev–Trinajstić information content (AvgIpc) is 2.35. The molecule has 2 nitrogen and oxygen atoms in total. The summed E-state index contributed by atoms with van der Waals surface area (Å²) in [4.78, 5) is 11.7. The van der Waals surface area contributed by atoms with E-state index >= 15 is 0 Å². The summed E-state index contributed by atoms with van der Waals surface area (Å²) in [5.74, 6) is 0.498. The molecule has 3 heteroatoms. The number of carbonyl (C=O) groups excluding carboxylic acids is 1. The van der Waals surface area contributed by atoms with E-state index in [2.05, 4.69) is 5.32 Å². The van der Waals surface area contributed by atoms with Crippen LogP contribution >= 0.6 is 11.6 Å². The zero-order valence-electron chi connectivity index (χ0n) is 9.74. The Bertz CT molecular complexity index is 326. The van der Waals surface area contributed by atoms with E-state index in [9.17, 15) is 4.79 Å². The normalized spacial score (nSPS) is 14.2. The molecule has 1 amide bonds. The molecule has 1 aromatic carbocycles. The van der Waals surface area contributed by atoms with Gasteiger partial charge in [0.2, 0.25) is 5.91 Å². The highest BCUT2D eigenvalue weighted by Gasteiger charge is 2.16. The number of rotatable bonds is 5. The van der Waals surface area contributed by atoms with E-state index in [1.54, 1.807) is 0 Å². The first kappa shape index (κ1) is 13.0. The van der Waals surface area contributed by atoms with Crippen molar-refractivity contribution in [1.29, 1.82) is 0 Å². The third-order valence-electron chi connectivity index (χ3n) is 2.73. The molecule has 0 heterocycles. The van der Waals surface area contributed by atoms with E-state index in [1.807, 2.05) is 44.2 Å². The Morgan fingerprint density at radius 3 is 2.50 bits per heavy atom. The largest absolute Gasteiger partial charge is 0.348 e. The second kappa shape index (κ2) is 6.54. The maximum Gasteiger partial charge on any atom is 0.223 e. The van der Waals surface area contributed by atoms with Gasteiger partial charge >= 0.3 is 0 Å². The first-order valence-electron chi connectivity index (χ1n) is 5.60. The van der Waals surface area contributed by atoms with Gasteiger partial charge in [0.05, 0.1) is 6.04 Å². The lowest BCUT2D eigenvalue weighted by atomic mass is 10.1. The summed E-state index contributed by atoms with van der Waals surface area (Å²) < 4.78 is 0. The number of benzene rings is 1. The number of hydrogen-bond donors (Lipinski definition) is 1. The molecule has 88 valence electrons. The fraction of sp³-hybridized carbons (Fsp3) is 0.462. The molecule has 2 atom stereocenters. The Morgan fingerprint density at radius 1 is 1.38 bits per heavy atom. The monoisotopic (exact) mass is 239 g/mol. The molecule has 0 saturated carbocycles. The van der Waals surface area contributed by atoms with Gasteiger partial charge in [-0.05, 0) is 12.0 Å². The Hall–Kier alpha value is -1.02. The molecule has 1 rings (SSSR count). The lowest BCUT2D eigenvalue weighted by molar-refractivity contribution is -0.125.